The Morgan fingerprint density at radius 1 is 1.44 bits per heavy atom. The van der Waals surface area contributed by atoms with E-state index in [1.54, 1.807) is 0 Å². The van der Waals surface area contributed by atoms with Crippen LogP contribution in [0, 0.1) is 6.92 Å². The predicted octanol–water partition coefficient (Wildman–Crippen LogP) is 2.26. The van der Waals surface area contributed by atoms with E-state index >= 15 is 0 Å². The average Bonchev–Trinajstić information content (AvgIpc) is 2.70. The Kier molecular flexibility index (Phi) is 3.65. The molecule has 2 aromatic rings. The van der Waals surface area contributed by atoms with Gasteiger partial charge < -0.3 is 5.32 Å². The maximum atomic E-state index is 11.6. The summed E-state index contributed by atoms with van der Waals surface area (Å²) in [5, 5.41) is 8.38. The molecule has 0 aliphatic rings. The molecule has 1 amide bonds. The molecule has 0 saturated carbocycles. The maximum absolute atomic E-state index is 11.6. The van der Waals surface area contributed by atoms with Crippen molar-refractivity contribution in [2.24, 2.45) is 0 Å². The molecule has 1 N–H and O–H groups in total. The summed E-state index contributed by atoms with van der Waals surface area (Å²) in [6.07, 6.45) is 2.33. The zero-order chi connectivity index (χ0) is 13.1. The van der Waals surface area contributed by atoms with Gasteiger partial charge in [0.05, 0.1) is 18.3 Å². The molecule has 0 aliphatic heterocycles. The summed E-state index contributed by atoms with van der Waals surface area (Å²) < 4.78 is 1.89. The monoisotopic (exact) mass is 245 g/mol. The van der Waals surface area contributed by atoms with E-state index in [0.717, 1.165) is 10.9 Å². The Hall–Kier alpha value is -1.84. The Morgan fingerprint density at radius 3 is 2.94 bits per heavy atom. The second kappa shape index (κ2) is 5.21. The lowest BCUT2D eigenvalue weighted by Crippen LogP contribution is -2.30. The van der Waals surface area contributed by atoms with Crippen LogP contribution in [0.4, 0.5) is 0 Å². The summed E-state index contributed by atoms with van der Waals surface area (Å²) in [7, 11) is 0. The standard InChI is InChI=1S/C14H19N3O/c1-10(2)16-14(18)7-8-17-13-6-4-5-11(3)12(13)9-15-17/h4-6,9-10H,7-8H2,1-3H3,(H,16,18). The minimum atomic E-state index is 0.0707. The number of fused-ring (bicyclic) bond motifs is 1. The van der Waals surface area contributed by atoms with Gasteiger partial charge in [-0.3, -0.25) is 9.48 Å². The van der Waals surface area contributed by atoms with Crippen LogP contribution in [0.5, 0.6) is 0 Å². The van der Waals surface area contributed by atoms with Gasteiger partial charge >= 0.3 is 0 Å². The van der Waals surface area contributed by atoms with Gasteiger partial charge in [0, 0.05) is 17.8 Å². The van der Waals surface area contributed by atoms with E-state index in [1.165, 1.54) is 5.56 Å². The first-order valence-corrected chi connectivity index (χ1v) is 6.28. The molecule has 0 aliphatic carbocycles. The lowest BCUT2D eigenvalue weighted by atomic mass is 10.1. The van der Waals surface area contributed by atoms with Gasteiger partial charge in [-0.25, -0.2) is 0 Å². The van der Waals surface area contributed by atoms with Crippen molar-refractivity contribution in [1.29, 1.82) is 0 Å². The van der Waals surface area contributed by atoms with Crippen LogP contribution in [0.3, 0.4) is 0 Å². The molecule has 0 saturated heterocycles. The van der Waals surface area contributed by atoms with Crippen molar-refractivity contribution in [2.45, 2.75) is 39.8 Å². The van der Waals surface area contributed by atoms with Gasteiger partial charge in [-0.15, -0.1) is 0 Å². The van der Waals surface area contributed by atoms with E-state index in [-0.39, 0.29) is 11.9 Å². The normalized spacial score (nSPS) is 11.1. The molecular weight excluding hydrogens is 226 g/mol. The van der Waals surface area contributed by atoms with Crippen molar-refractivity contribution in [3.05, 3.63) is 30.0 Å². The lowest BCUT2D eigenvalue weighted by molar-refractivity contribution is -0.121. The van der Waals surface area contributed by atoms with Crippen molar-refractivity contribution in [3.63, 3.8) is 0 Å². The molecule has 0 spiro atoms. The van der Waals surface area contributed by atoms with E-state index < -0.39 is 0 Å². The fourth-order valence-electron chi connectivity index (χ4n) is 2.03. The number of aryl methyl sites for hydroxylation is 2. The van der Waals surface area contributed by atoms with Crippen LogP contribution in [0.25, 0.3) is 10.9 Å². The number of carbonyl (C=O) groups is 1. The predicted molar refractivity (Wildman–Crippen MR) is 72.4 cm³/mol. The molecule has 18 heavy (non-hydrogen) atoms. The highest BCUT2D eigenvalue weighted by molar-refractivity contribution is 5.82. The Labute approximate surface area is 107 Å². The van der Waals surface area contributed by atoms with E-state index in [4.69, 9.17) is 0 Å². The molecule has 1 heterocycles. The molecular formula is C14H19N3O. The van der Waals surface area contributed by atoms with Crippen LogP contribution in [0.2, 0.25) is 0 Å². The third-order valence-electron chi connectivity index (χ3n) is 2.91. The van der Waals surface area contributed by atoms with Crippen molar-refractivity contribution < 1.29 is 4.79 Å². The van der Waals surface area contributed by atoms with Crippen LogP contribution in [-0.2, 0) is 11.3 Å². The molecule has 0 bridgehead atoms. The third-order valence-corrected chi connectivity index (χ3v) is 2.91. The van der Waals surface area contributed by atoms with Crippen molar-refractivity contribution in [1.82, 2.24) is 15.1 Å². The number of nitrogens with one attached hydrogen (secondary N) is 1. The largest absolute Gasteiger partial charge is 0.354 e. The average molecular weight is 245 g/mol. The highest BCUT2D eigenvalue weighted by Gasteiger charge is 2.07. The molecule has 96 valence electrons. The molecule has 1 aromatic carbocycles. The molecule has 0 radical (unpaired) electrons. The summed E-state index contributed by atoms with van der Waals surface area (Å²) >= 11 is 0. The lowest BCUT2D eigenvalue weighted by Gasteiger charge is -2.08. The number of carbonyl (C=O) groups excluding carboxylic acids is 1. The van der Waals surface area contributed by atoms with Crippen LogP contribution in [-0.4, -0.2) is 21.7 Å². The van der Waals surface area contributed by atoms with Crippen LogP contribution >= 0.6 is 0 Å². The Balaban J connectivity index is 2.09. The van der Waals surface area contributed by atoms with Gasteiger partial charge in [0.15, 0.2) is 0 Å². The molecule has 0 unspecified atom stereocenters. The van der Waals surface area contributed by atoms with Crippen LogP contribution < -0.4 is 5.32 Å². The zero-order valence-electron chi connectivity index (χ0n) is 11.1. The Morgan fingerprint density at radius 2 is 2.22 bits per heavy atom. The fraction of sp³-hybridized carbons (Fsp3) is 0.429. The molecule has 0 atom stereocenters. The molecule has 2 rings (SSSR count). The highest BCUT2D eigenvalue weighted by atomic mass is 16.1. The number of aromatic nitrogens is 2. The minimum absolute atomic E-state index is 0.0707. The number of rotatable bonds is 4. The zero-order valence-corrected chi connectivity index (χ0v) is 11.1. The summed E-state index contributed by atoms with van der Waals surface area (Å²) in [5.41, 5.74) is 2.30. The topological polar surface area (TPSA) is 46.9 Å². The second-order valence-electron chi connectivity index (χ2n) is 4.85. The van der Waals surface area contributed by atoms with Crippen molar-refractivity contribution in [3.8, 4) is 0 Å². The first-order chi connectivity index (χ1) is 8.58. The van der Waals surface area contributed by atoms with Crippen molar-refractivity contribution >= 4 is 16.8 Å². The molecule has 0 fully saturated rings. The van der Waals surface area contributed by atoms with Gasteiger partial charge in [0.1, 0.15) is 0 Å². The molecule has 4 heteroatoms. The molecule has 4 nitrogen and oxygen atoms in total. The van der Waals surface area contributed by atoms with E-state index in [2.05, 4.69) is 23.4 Å². The van der Waals surface area contributed by atoms with Crippen molar-refractivity contribution in [2.75, 3.05) is 0 Å². The summed E-state index contributed by atoms with van der Waals surface area (Å²) in [5.74, 6) is 0.0707. The SMILES string of the molecule is Cc1cccc2c1cnn2CCC(=O)NC(C)C. The second-order valence-corrected chi connectivity index (χ2v) is 4.85. The van der Waals surface area contributed by atoms with Gasteiger partial charge in [-0.05, 0) is 32.4 Å². The van der Waals surface area contributed by atoms with E-state index in [9.17, 15) is 4.79 Å². The summed E-state index contributed by atoms with van der Waals surface area (Å²) in [4.78, 5) is 11.6. The first-order valence-electron chi connectivity index (χ1n) is 6.28. The number of hydrogen-bond acceptors (Lipinski definition) is 2. The van der Waals surface area contributed by atoms with Crippen LogP contribution in [0.15, 0.2) is 24.4 Å². The third kappa shape index (κ3) is 2.70. The minimum Gasteiger partial charge on any atom is -0.354 e. The number of nitrogens with zero attached hydrogens (tertiary/aromatic N) is 2. The van der Waals surface area contributed by atoms with Gasteiger partial charge in [0.2, 0.25) is 5.91 Å². The smallest absolute Gasteiger partial charge is 0.222 e. The summed E-state index contributed by atoms with van der Waals surface area (Å²) in [6, 6.07) is 6.31. The Bertz CT molecular complexity index is 557. The van der Waals surface area contributed by atoms with Gasteiger partial charge in [-0.1, -0.05) is 12.1 Å². The fourth-order valence-corrected chi connectivity index (χ4v) is 2.03. The van der Waals surface area contributed by atoms with Gasteiger partial charge in [-0.2, -0.15) is 5.10 Å². The highest BCUT2D eigenvalue weighted by Crippen LogP contribution is 2.17. The van der Waals surface area contributed by atoms with E-state index in [1.807, 2.05) is 36.9 Å². The number of hydrogen-bond donors (Lipinski definition) is 1. The first kappa shape index (κ1) is 12.6. The number of benzene rings is 1. The van der Waals surface area contributed by atoms with E-state index in [0.29, 0.717) is 13.0 Å². The maximum Gasteiger partial charge on any atom is 0.222 e. The molecule has 1 aromatic heterocycles. The van der Waals surface area contributed by atoms with Gasteiger partial charge in [0.25, 0.3) is 0 Å². The summed E-state index contributed by atoms with van der Waals surface area (Å²) in [6.45, 7) is 6.61. The van der Waals surface area contributed by atoms with Crippen LogP contribution in [0.1, 0.15) is 25.8 Å². The number of amides is 1. The quantitative estimate of drug-likeness (QED) is 0.898.